The number of nitrogens with one attached hydrogen (secondary N) is 2. The number of thioether (sulfide) groups is 1. The average molecular weight is 322 g/mol. The lowest BCUT2D eigenvalue weighted by atomic mass is 10.2. The number of anilines is 1. The van der Waals surface area contributed by atoms with E-state index in [4.69, 9.17) is 9.47 Å². The molecule has 8 heteroatoms. The van der Waals surface area contributed by atoms with Crippen LogP contribution in [0.15, 0.2) is 23.4 Å². The fourth-order valence-corrected chi connectivity index (χ4v) is 2.32. The van der Waals surface area contributed by atoms with Gasteiger partial charge in [-0.1, -0.05) is 18.7 Å². The number of hydrogen-bond acceptors (Lipinski definition) is 6. The molecule has 0 saturated heterocycles. The highest BCUT2D eigenvalue weighted by Crippen LogP contribution is 2.26. The zero-order valence-corrected chi connectivity index (χ0v) is 13.5. The van der Waals surface area contributed by atoms with E-state index in [1.54, 1.807) is 32.4 Å². The number of aryl methyl sites for hydroxylation is 1. The molecule has 0 unspecified atom stereocenters. The second kappa shape index (κ2) is 7.69. The van der Waals surface area contributed by atoms with Crippen molar-refractivity contribution in [1.29, 1.82) is 0 Å². The maximum Gasteiger partial charge on any atom is 0.234 e. The number of methoxy groups -OCH3 is 2. The minimum atomic E-state index is -0.150. The zero-order chi connectivity index (χ0) is 15.9. The van der Waals surface area contributed by atoms with Gasteiger partial charge in [0.05, 0.1) is 20.0 Å². The monoisotopic (exact) mass is 322 g/mol. The van der Waals surface area contributed by atoms with Crippen molar-refractivity contribution in [2.75, 3.05) is 25.3 Å². The molecule has 0 fully saturated rings. The van der Waals surface area contributed by atoms with Gasteiger partial charge in [0.1, 0.15) is 17.3 Å². The molecule has 0 spiro atoms. The molecular formula is C14H18N4O3S. The molecule has 2 rings (SSSR count). The number of ether oxygens (including phenoxy) is 2. The molecule has 0 radical (unpaired) electrons. The summed E-state index contributed by atoms with van der Waals surface area (Å²) in [5.74, 6) is 2.11. The Morgan fingerprint density at radius 1 is 1.27 bits per heavy atom. The van der Waals surface area contributed by atoms with Gasteiger partial charge in [0.25, 0.3) is 0 Å². The summed E-state index contributed by atoms with van der Waals surface area (Å²) in [6.07, 6.45) is 0.781. The Labute approximate surface area is 132 Å². The number of amides is 1. The molecule has 118 valence electrons. The Balaban J connectivity index is 1.93. The van der Waals surface area contributed by atoms with Gasteiger partial charge in [-0.05, 0) is 0 Å². The number of aromatic amines is 1. The summed E-state index contributed by atoms with van der Waals surface area (Å²) in [5.41, 5.74) is 0.617. The molecule has 2 N–H and O–H groups in total. The molecule has 0 atom stereocenters. The van der Waals surface area contributed by atoms with E-state index in [0.717, 1.165) is 12.2 Å². The van der Waals surface area contributed by atoms with Crippen LogP contribution in [0.1, 0.15) is 12.7 Å². The highest BCUT2D eigenvalue weighted by molar-refractivity contribution is 7.99. The second-order valence-corrected chi connectivity index (χ2v) is 5.30. The number of hydrogen-bond donors (Lipinski definition) is 2. The predicted molar refractivity (Wildman–Crippen MR) is 84.7 cm³/mol. The first kappa shape index (κ1) is 16.2. The van der Waals surface area contributed by atoms with Crippen molar-refractivity contribution in [2.45, 2.75) is 18.5 Å². The Bertz CT molecular complexity index is 623. The third-order valence-electron chi connectivity index (χ3n) is 2.81. The maximum absolute atomic E-state index is 12.0. The van der Waals surface area contributed by atoms with E-state index in [0.29, 0.717) is 22.3 Å². The fraction of sp³-hybridized carbons (Fsp3) is 0.357. The molecule has 1 aromatic carbocycles. The van der Waals surface area contributed by atoms with Gasteiger partial charge in [-0.25, -0.2) is 4.98 Å². The highest BCUT2D eigenvalue weighted by atomic mass is 32.2. The Morgan fingerprint density at radius 3 is 2.50 bits per heavy atom. The van der Waals surface area contributed by atoms with Crippen LogP contribution < -0.4 is 14.8 Å². The van der Waals surface area contributed by atoms with Gasteiger partial charge in [-0.15, -0.1) is 5.10 Å². The van der Waals surface area contributed by atoms with Gasteiger partial charge in [-0.3, -0.25) is 9.89 Å². The van der Waals surface area contributed by atoms with Gasteiger partial charge in [0.2, 0.25) is 11.1 Å². The van der Waals surface area contributed by atoms with Crippen LogP contribution in [-0.2, 0) is 11.2 Å². The topological polar surface area (TPSA) is 89.1 Å². The van der Waals surface area contributed by atoms with E-state index >= 15 is 0 Å². The quantitative estimate of drug-likeness (QED) is 0.759. The lowest BCUT2D eigenvalue weighted by Gasteiger charge is -2.09. The van der Waals surface area contributed by atoms with Crippen LogP contribution >= 0.6 is 11.8 Å². The summed E-state index contributed by atoms with van der Waals surface area (Å²) in [7, 11) is 3.12. The molecular weight excluding hydrogens is 304 g/mol. The van der Waals surface area contributed by atoms with Gasteiger partial charge >= 0.3 is 0 Å². The number of carbonyl (C=O) groups excluding carboxylic acids is 1. The molecule has 1 heterocycles. The summed E-state index contributed by atoms with van der Waals surface area (Å²) < 4.78 is 10.3. The van der Waals surface area contributed by atoms with Crippen LogP contribution in [0.25, 0.3) is 0 Å². The Hall–Kier alpha value is -2.22. The molecule has 1 aromatic heterocycles. The number of carbonyl (C=O) groups is 1. The first-order valence-corrected chi connectivity index (χ1v) is 7.70. The summed E-state index contributed by atoms with van der Waals surface area (Å²) in [6.45, 7) is 1.98. The first-order valence-electron chi connectivity index (χ1n) is 6.71. The van der Waals surface area contributed by atoms with E-state index in [-0.39, 0.29) is 11.7 Å². The van der Waals surface area contributed by atoms with Crippen LogP contribution in [0.2, 0.25) is 0 Å². The number of nitrogens with zero attached hydrogens (tertiary/aromatic N) is 2. The lowest BCUT2D eigenvalue weighted by Crippen LogP contribution is -2.14. The minimum absolute atomic E-state index is 0.150. The predicted octanol–water partition coefficient (Wildman–Crippen LogP) is 2.12. The summed E-state index contributed by atoms with van der Waals surface area (Å²) >= 11 is 1.28. The van der Waals surface area contributed by atoms with Gasteiger partial charge in [0, 0.05) is 30.3 Å². The molecule has 0 saturated carbocycles. The number of aromatic nitrogens is 3. The Kier molecular flexibility index (Phi) is 5.65. The second-order valence-electron chi connectivity index (χ2n) is 4.36. The van der Waals surface area contributed by atoms with E-state index in [1.165, 1.54) is 11.8 Å². The molecule has 22 heavy (non-hydrogen) atoms. The van der Waals surface area contributed by atoms with E-state index in [9.17, 15) is 4.79 Å². The SMILES string of the molecule is CCc1nc(SCC(=O)Nc2cc(OC)cc(OC)c2)n[nH]1. The third kappa shape index (κ3) is 4.39. The fourth-order valence-electron chi connectivity index (χ4n) is 1.71. The largest absolute Gasteiger partial charge is 0.497 e. The van der Waals surface area contributed by atoms with Crippen molar-refractivity contribution in [1.82, 2.24) is 15.2 Å². The van der Waals surface area contributed by atoms with Crippen molar-refractivity contribution in [3.05, 3.63) is 24.0 Å². The van der Waals surface area contributed by atoms with Crippen molar-refractivity contribution in [3.63, 3.8) is 0 Å². The van der Waals surface area contributed by atoms with Crippen LogP contribution in [0.4, 0.5) is 5.69 Å². The van der Waals surface area contributed by atoms with Crippen molar-refractivity contribution >= 4 is 23.4 Å². The van der Waals surface area contributed by atoms with E-state index in [1.807, 2.05) is 6.92 Å². The van der Waals surface area contributed by atoms with Crippen LogP contribution in [0.5, 0.6) is 11.5 Å². The first-order chi connectivity index (χ1) is 10.6. The summed E-state index contributed by atoms with van der Waals surface area (Å²) in [6, 6.07) is 5.20. The number of benzene rings is 1. The summed E-state index contributed by atoms with van der Waals surface area (Å²) in [5, 5.41) is 10.2. The van der Waals surface area contributed by atoms with Gasteiger partial charge < -0.3 is 14.8 Å². The van der Waals surface area contributed by atoms with Crippen molar-refractivity contribution < 1.29 is 14.3 Å². The third-order valence-corrected chi connectivity index (χ3v) is 3.66. The van der Waals surface area contributed by atoms with Crippen LogP contribution in [-0.4, -0.2) is 41.1 Å². The molecule has 1 amide bonds. The smallest absolute Gasteiger partial charge is 0.234 e. The molecule has 0 aliphatic carbocycles. The Morgan fingerprint density at radius 2 is 1.95 bits per heavy atom. The number of rotatable bonds is 7. The minimum Gasteiger partial charge on any atom is -0.497 e. The van der Waals surface area contributed by atoms with Crippen LogP contribution in [0, 0.1) is 0 Å². The highest BCUT2D eigenvalue weighted by Gasteiger charge is 2.09. The standard InChI is InChI=1S/C14H18N4O3S/c1-4-12-16-14(18-17-12)22-8-13(19)15-9-5-10(20-2)7-11(6-9)21-3/h5-7H,4,8H2,1-3H3,(H,15,19)(H,16,17,18). The van der Waals surface area contributed by atoms with Gasteiger partial charge in [0.15, 0.2) is 0 Å². The van der Waals surface area contributed by atoms with Crippen molar-refractivity contribution in [2.24, 2.45) is 0 Å². The molecule has 0 aliphatic heterocycles. The maximum atomic E-state index is 12.0. The molecule has 0 aliphatic rings. The van der Waals surface area contributed by atoms with E-state index in [2.05, 4.69) is 20.5 Å². The summed E-state index contributed by atoms with van der Waals surface area (Å²) in [4.78, 5) is 16.2. The van der Waals surface area contributed by atoms with Crippen molar-refractivity contribution in [3.8, 4) is 11.5 Å². The molecule has 0 bridgehead atoms. The zero-order valence-electron chi connectivity index (χ0n) is 12.7. The van der Waals surface area contributed by atoms with E-state index < -0.39 is 0 Å². The lowest BCUT2D eigenvalue weighted by molar-refractivity contribution is -0.113. The van der Waals surface area contributed by atoms with Gasteiger partial charge in [-0.2, -0.15) is 0 Å². The number of H-pyrrole nitrogens is 1. The average Bonchev–Trinajstić information content (AvgIpc) is 3.00. The molecule has 2 aromatic rings. The normalized spacial score (nSPS) is 10.3. The van der Waals surface area contributed by atoms with Crippen LogP contribution in [0.3, 0.4) is 0 Å². The molecule has 7 nitrogen and oxygen atoms in total.